The number of pyridine rings is 1. The Morgan fingerprint density at radius 3 is 3.18 bits per heavy atom. The highest BCUT2D eigenvalue weighted by Gasteiger charge is 2.19. The normalized spacial score (nSPS) is 16.8. The predicted molar refractivity (Wildman–Crippen MR) is 84.1 cm³/mol. The molecule has 116 valence electrons. The molecular formula is C16H20N4O2. The molecule has 2 aliphatic rings. The second-order valence-corrected chi connectivity index (χ2v) is 5.55. The molecule has 3 heterocycles. The van der Waals surface area contributed by atoms with Gasteiger partial charge in [-0.25, -0.2) is 0 Å². The molecule has 2 N–H and O–H groups in total. The van der Waals surface area contributed by atoms with Crippen molar-refractivity contribution in [2.75, 3.05) is 31.5 Å². The zero-order chi connectivity index (χ0) is 15.4. The molecule has 0 bridgehead atoms. The highest BCUT2D eigenvalue weighted by molar-refractivity contribution is 6.00. The van der Waals surface area contributed by atoms with Gasteiger partial charge in [0.25, 0.3) is 0 Å². The number of hydrogen-bond acceptors (Lipinski definition) is 4. The third kappa shape index (κ3) is 3.27. The minimum Gasteiger partial charge on any atom is -0.379 e. The number of likely N-dealkylation sites (tertiary alicyclic amines) is 1. The zero-order valence-electron chi connectivity index (χ0n) is 12.5. The van der Waals surface area contributed by atoms with Crippen LogP contribution in [0.4, 0.5) is 5.69 Å². The SMILES string of the molecule is O=C(NCCCN1CCCC1=O)C1=Cc2ncccc2NC1. The van der Waals surface area contributed by atoms with Crippen LogP contribution in [0.3, 0.4) is 0 Å². The summed E-state index contributed by atoms with van der Waals surface area (Å²) in [6.45, 7) is 2.66. The smallest absolute Gasteiger partial charge is 0.249 e. The van der Waals surface area contributed by atoms with Crippen molar-refractivity contribution in [1.29, 1.82) is 0 Å². The summed E-state index contributed by atoms with van der Waals surface area (Å²) in [5.74, 6) is 0.157. The van der Waals surface area contributed by atoms with E-state index in [9.17, 15) is 9.59 Å². The monoisotopic (exact) mass is 300 g/mol. The number of carbonyl (C=O) groups is 2. The summed E-state index contributed by atoms with van der Waals surface area (Å²) in [5.41, 5.74) is 2.43. The number of hydrogen-bond donors (Lipinski definition) is 2. The van der Waals surface area contributed by atoms with E-state index in [2.05, 4.69) is 15.6 Å². The summed E-state index contributed by atoms with van der Waals surface area (Å²) in [6.07, 6.45) is 5.94. The molecule has 6 nitrogen and oxygen atoms in total. The molecule has 1 saturated heterocycles. The summed E-state index contributed by atoms with van der Waals surface area (Å²) in [4.78, 5) is 29.7. The molecule has 0 aromatic carbocycles. The van der Waals surface area contributed by atoms with Crippen molar-refractivity contribution in [3.63, 3.8) is 0 Å². The molecule has 1 aromatic heterocycles. The largest absolute Gasteiger partial charge is 0.379 e. The van der Waals surface area contributed by atoms with Gasteiger partial charge in [0.2, 0.25) is 11.8 Å². The number of amides is 2. The number of fused-ring (bicyclic) bond motifs is 1. The molecule has 0 spiro atoms. The average molecular weight is 300 g/mol. The van der Waals surface area contributed by atoms with Gasteiger partial charge < -0.3 is 15.5 Å². The number of nitrogens with one attached hydrogen (secondary N) is 2. The summed E-state index contributed by atoms with van der Waals surface area (Å²) in [5, 5.41) is 6.10. The molecule has 0 radical (unpaired) electrons. The Morgan fingerprint density at radius 2 is 2.36 bits per heavy atom. The van der Waals surface area contributed by atoms with E-state index in [0.717, 1.165) is 37.3 Å². The molecule has 3 rings (SSSR count). The number of aromatic nitrogens is 1. The molecular weight excluding hydrogens is 280 g/mol. The van der Waals surface area contributed by atoms with Crippen molar-refractivity contribution in [2.45, 2.75) is 19.3 Å². The fourth-order valence-corrected chi connectivity index (χ4v) is 2.76. The molecule has 0 saturated carbocycles. The van der Waals surface area contributed by atoms with Crippen molar-refractivity contribution < 1.29 is 9.59 Å². The first-order valence-electron chi connectivity index (χ1n) is 7.69. The van der Waals surface area contributed by atoms with Crippen molar-refractivity contribution >= 4 is 23.6 Å². The van der Waals surface area contributed by atoms with E-state index in [1.54, 1.807) is 6.20 Å². The number of rotatable bonds is 5. The maximum Gasteiger partial charge on any atom is 0.249 e. The summed E-state index contributed by atoms with van der Waals surface area (Å²) in [7, 11) is 0. The van der Waals surface area contributed by atoms with Gasteiger partial charge in [0.1, 0.15) is 0 Å². The van der Waals surface area contributed by atoms with Gasteiger partial charge in [-0.15, -0.1) is 0 Å². The standard InChI is InChI=1S/C16H20N4O2/c21-15-5-2-8-20(15)9-3-7-18-16(22)12-10-14-13(19-11-12)4-1-6-17-14/h1,4,6,10,19H,2-3,5,7-9,11H2,(H,18,22). The molecule has 1 aromatic rings. The minimum absolute atomic E-state index is 0.0726. The van der Waals surface area contributed by atoms with Crippen LogP contribution in [0.5, 0.6) is 0 Å². The van der Waals surface area contributed by atoms with Crippen molar-refractivity contribution in [2.24, 2.45) is 0 Å². The number of carbonyl (C=O) groups excluding carboxylic acids is 2. The second kappa shape index (κ2) is 6.60. The van der Waals surface area contributed by atoms with Gasteiger partial charge in [-0.2, -0.15) is 0 Å². The third-order valence-electron chi connectivity index (χ3n) is 3.97. The van der Waals surface area contributed by atoms with Crippen LogP contribution in [0.15, 0.2) is 23.9 Å². The van der Waals surface area contributed by atoms with Crippen LogP contribution in [0, 0.1) is 0 Å². The van der Waals surface area contributed by atoms with E-state index in [0.29, 0.717) is 25.1 Å². The van der Waals surface area contributed by atoms with Crippen LogP contribution >= 0.6 is 0 Å². The lowest BCUT2D eigenvalue weighted by atomic mass is 10.1. The van der Waals surface area contributed by atoms with Gasteiger partial charge in [-0.1, -0.05) is 0 Å². The Kier molecular flexibility index (Phi) is 4.37. The topological polar surface area (TPSA) is 74.3 Å². The maximum absolute atomic E-state index is 12.1. The van der Waals surface area contributed by atoms with Crippen LogP contribution in [0.1, 0.15) is 25.0 Å². The van der Waals surface area contributed by atoms with Crippen LogP contribution in [0.25, 0.3) is 6.08 Å². The van der Waals surface area contributed by atoms with Gasteiger partial charge in [0.05, 0.1) is 11.4 Å². The maximum atomic E-state index is 12.1. The lowest BCUT2D eigenvalue weighted by molar-refractivity contribution is -0.127. The second-order valence-electron chi connectivity index (χ2n) is 5.55. The first-order valence-corrected chi connectivity index (χ1v) is 7.69. The van der Waals surface area contributed by atoms with Crippen molar-refractivity contribution in [3.8, 4) is 0 Å². The summed E-state index contributed by atoms with van der Waals surface area (Å²) < 4.78 is 0. The average Bonchev–Trinajstić information content (AvgIpc) is 2.96. The van der Waals surface area contributed by atoms with Gasteiger partial charge in [0.15, 0.2) is 0 Å². The molecule has 0 aliphatic carbocycles. The van der Waals surface area contributed by atoms with E-state index in [-0.39, 0.29) is 11.8 Å². The molecule has 22 heavy (non-hydrogen) atoms. The molecule has 2 amide bonds. The Bertz CT molecular complexity index is 612. The van der Waals surface area contributed by atoms with Gasteiger partial charge in [-0.3, -0.25) is 14.6 Å². The quantitative estimate of drug-likeness (QED) is 0.796. The fourth-order valence-electron chi connectivity index (χ4n) is 2.76. The Morgan fingerprint density at radius 1 is 1.45 bits per heavy atom. The van der Waals surface area contributed by atoms with Gasteiger partial charge >= 0.3 is 0 Å². The molecule has 2 aliphatic heterocycles. The lowest BCUT2D eigenvalue weighted by Crippen LogP contribution is -2.33. The highest BCUT2D eigenvalue weighted by atomic mass is 16.2. The Labute approximate surface area is 129 Å². The molecule has 0 atom stereocenters. The number of nitrogens with zero attached hydrogens (tertiary/aromatic N) is 2. The zero-order valence-corrected chi connectivity index (χ0v) is 12.5. The summed E-state index contributed by atoms with van der Waals surface area (Å²) >= 11 is 0. The fraction of sp³-hybridized carbons (Fsp3) is 0.438. The van der Waals surface area contributed by atoms with Crippen LogP contribution in [-0.4, -0.2) is 47.9 Å². The minimum atomic E-state index is -0.0726. The molecule has 1 fully saturated rings. The number of anilines is 1. The van der Waals surface area contributed by atoms with Crippen molar-refractivity contribution in [1.82, 2.24) is 15.2 Å². The van der Waals surface area contributed by atoms with Crippen LogP contribution in [0.2, 0.25) is 0 Å². The van der Waals surface area contributed by atoms with Crippen LogP contribution < -0.4 is 10.6 Å². The highest BCUT2D eigenvalue weighted by Crippen LogP contribution is 2.20. The first-order chi connectivity index (χ1) is 10.7. The van der Waals surface area contributed by atoms with Gasteiger partial charge in [-0.05, 0) is 31.1 Å². The molecule has 6 heteroatoms. The van der Waals surface area contributed by atoms with E-state index in [4.69, 9.17) is 0 Å². The van der Waals surface area contributed by atoms with E-state index in [1.807, 2.05) is 23.1 Å². The van der Waals surface area contributed by atoms with Crippen molar-refractivity contribution in [3.05, 3.63) is 29.6 Å². The van der Waals surface area contributed by atoms with Crippen LogP contribution in [-0.2, 0) is 9.59 Å². The lowest BCUT2D eigenvalue weighted by Gasteiger charge is -2.18. The predicted octanol–water partition coefficient (Wildman–Crippen LogP) is 1.02. The van der Waals surface area contributed by atoms with E-state index in [1.165, 1.54) is 0 Å². The molecule has 0 unspecified atom stereocenters. The Balaban J connectivity index is 1.46. The third-order valence-corrected chi connectivity index (χ3v) is 3.97. The van der Waals surface area contributed by atoms with E-state index < -0.39 is 0 Å². The van der Waals surface area contributed by atoms with E-state index >= 15 is 0 Å². The summed E-state index contributed by atoms with van der Waals surface area (Å²) in [6, 6.07) is 3.81. The Hall–Kier alpha value is -2.37. The first kappa shape index (κ1) is 14.6. The van der Waals surface area contributed by atoms with Gasteiger partial charge in [0, 0.05) is 44.4 Å².